The molecule has 1 aliphatic rings. The summed E-state index contributed by atoms with van der Waals surface area (Å²) in [5, 5.41) is 22.0. The molecule has 3 N–H and O–H groups in total. The Morgan fingerprint density at radius 3 is 2.00 bits per heavy atom. The summed E-state index contributed by atoms with van der Waals surface area (Å²) >= 11 is 1.47. The molecule has 5 nitrogen and oxygen atoms in total. The summed E-state index contributed by atoms with van der Waals surface area (Å²) in [6.07, 6.45) is 1.88. The Morgan fingerprint density at radius 2 is 1.55 bits per heavy atom. The summed E-state index contributed by atoms with van der Waals surface area (Å²) < 4.78 is 0. The second-order valence-electron chi connectivity index (χ2n) is 4.99. The highest BCUT2D eigenvalue weighted by Crippen LogP contribution is 2.41. The van der Waals surface area contributed by atoms with Gasteiger partial charge in [0.1, 0.15) is 0 Å². The van der Waals surface area contributed by atoms with Crippen LogP contribution in [0, 0.1) is 0 Å². The number of aliphatic carboxylic acids is 2. The molecule has 0 unspecified atom stereocenters. The molecule has 0 spiro atoms. The first-order valence-corrected chi connectivity index (χ1v) is 7.89. The molecule has 2 rings (SSSR count). The molecule has 1 aromatic rings. The SMILES string of the molecule is CSc1ccccc1C1C(C(=O)O)=C(C)NC(C)=C1C(=O)O. The topological polar surface area (TPSA) is 86.6 Å². The van der Waals surface area contributed by atoms with E-state index >= 15 is 0 Å². The molecule has 22 heavy (non-hydrogen) atoms. The van der Waals surface area contributed by atoms with Crippen LogP contribution < -0.4 is 5.32 Å². The maximum Gasteiger partial charge on any atom is 0.334 e. The van der Waals surface area contributed by atoms with Gasteiger partial charge in [-0.1, -0.05) is 18.2 Å². The van der Waals surface area contributed by atoms with E-state index in [4.69, 9.17) is 0 Å². The van der Waals surface area contributed by atoms with Gasteiger partial charge in [-0.05, 0) is 31.7 Å². The van der Waals surface area contributed by atoms with Crippen LogP contribution in [0.2, 0.25) is 0 Å². The Bertz CT molecular complexity index is 670. The number of carboxylic acid groups (broad SMARTS) is 2. The van der Waals surface area contributed by atoms with Crippen molar-refractivity contribution >= 4 is 23.7 Å². The predicted molar refractivity (Wildman–Crippen MR) is 84.8 cm³/mol. The summed E-state index contributed by atoms with van der Waals surface area (Å²) in [5.74, 6) is -3.02. The van der Waals surface area contributed by atoms with E-state index in [1.165, 1.54) is 11.8 Å². The number of benzene rings is 1. The summed E-state index contributed by atoms with van der Waals surface area (Å²) in [4.78, 5) is 24.3. The molecule has 0 radical (unpaired) electrons. The molecule has 0 fully saturated rings. The van der Waals surface area contributed by atoms with E-state index in [1.54, 1.807) is 26.0 Å². The van der Waals surface area contributed by atoms with Gasteiger partial charge < -0.3 is 15.5 Å². The molecule has 0 aromatic heterocycles. The van der Waals surface area contributed by atoms with Gasteiger partial charge >= 0.3 is 11.9 Å². The van der Waals surface area contributed by atoms with Crippen LogP contribution in [-0.4, -0.2) is 28.4 Å². The highest BCUT2D eigenvalue weighted by Gasteiger charge is 2.37. The van der Waals surface area contributed by atoms with E-state index < -0.39 is 17.9 Å². The second-order valence-corrected chi connectivity index (χ2v) is 5.84. The zero-order valence-electron chi connectivity index (χ0n) is 12.5. The lowest BCUT2D eigenvalue weighted by Gasteiger charge is -2.29. The third-order valence-electron chi connectivity index (χ3n) is 3.67. The molecule has 1 aliphatic heterocycles. The normalized spacial score (nSPS) is 15.8. The van der Waals surface area contributed by atoms with Crippen molar-refractivity contribution in [1.29, 1.82) is 0 Å². The minimum absolute atomic E-state index is 0.0736. The fraction of sp³-hybridized carbons (Fsp3) is 0.250. The lowest BCUT2D eigenvalue weighted by atomic mass is 9.80. The van der Waals surface area contributed by atoms with Crippen molar-refractivity contribution in [2.75, 3.05) is 6.26 Å². The first-order valence-electron chi connectivity index (χ1n) is 6.66. The van der Waals surface area contributed by atoms with Crippen LogP contribution in [0.5, 0.6) is 0 Å². The number of carbonyl (C=O) groups is 2. The van der Waals surface area contributed by atoms with E-state index in [0.717, 1.165) is 4.90 Å². The minimum atomic E-state index is -1.11. The molecule has 0 saturated heterocycles. The molecule has 6 heteroatoms. The van der Waals surface area contributed by atoms with Crippen molar-refractivity contribution in [3.8, 4) is 0 Å². The summed E-state index contributed by atoms with van der Waals surface area (Å²) in [5.41, 5.74) is 1.78. The van der Waals surface area contributed by atoms with Gasteiger partial charge in [-0.2, -0.15) is 0 Å². The summed E-state index contributed by atoms with van der Waals surface area (Å²) in [7, 11) is 0. The molecule has 1 aromatic carbocycles. The zero-order valence-corrected chi connectivity index (χ0v) is 13.3. The highest BCUT2D eigenvalue weighted by molar-refractivity contribution is 7.98. The standard InChI is InChI=1S/C16H17NO4S/c1-8-12(15(18)19)14(13(16(20)21)9(2)17-8)10-6-4-5-7-11(10)22-3/h4-7,14,17H,1-3H3,(H,18,19)(H,20,21). The molecular formula is C16H17NO4S. The van der Waals surface area contributed by atoms with Gasteiger partial charge in [0, 0.05) is 16.3 Å². The number of rotatable bonds is 4. The van der Waals surface area contributed by atoms with Crippen molar-refractivity contribution < 1.29 is 19.8 Å². The first-order chi connectivity index (χ1) is 10.4. The van der Waals surface area contributed by atoms with E-state index in [0.29, 0.717) is 17.0 Å². The maximum atomic E-state index is 11.7. The largest absolute Gasteiger partial charge is 0.478 e. The van der Waals surface area contributed by atoms with Crippen LogP contribution in [-0.2, 0) is 9.59 Å². The van der Waals surface area contributed by atoms with Crippen molar-refractivity contribution in [1.82, 2.24) is 5.32 Å². The number of hydrogen-bond donors (Lipinski definition) is 3. The van der Waals surface area contributed by atoms with Crippen molar-refractivity contribution in [3.05, 3.63) is 52.4 Å². The zero-order chi connectivity index (χ0) is 16.4. The molecule has 0 bridgehead atoms. The van der Waals surface area contributed by atoms with Gasteiger partial charge in [-0.15, -0.1) is 11.8 Å². The fourth-order valence-electron chi connectivity index (χ4n) is 2.78. The van der Waals surface area contributed by atoms with E-state index in [1.807, 2.05) is 18.4 Å². The Labute approximate surface area is 132 Å². The Balaban J connectivity index is 2.75. The smallest absolute Gasteiger partial charge is 0.334 e. The number of nitrogens with one attached hydrogen (secondary N) is 1. The third kappa shape index (κ3) is 2.74. The number of allylic oxidation sites excluding steroid dienone is 2. The highest BCUT2D eigenvalue weighted by atomic mass is 32.2. The van der Waals surface area contributed by atoms with E-state index in [-0.39, 0.29) is 11.1 Å². The van der Waals surface area contributed by atoms with Crippen molar-refractivity contribution in [2.24, 2.45) is 0 Å². The molecular weight excluding hydrogens is 302 g/mol. The molecule has 0 aliphatic carbocycles. The Morgan fingerprint density at radius 1 is 1.05 bits per heavy atom. The van der Waals surface area contributed by atoms with Crippen LogP contribution in [0.4, 0.5) is 0 Å². The van der Waals surface area contributed by atoms with Gasteiger partial charge in [-0.25, -0.2) is 9.59 Å². The fourth-order valence-corrected chi connectivity index (χ4v) is 3.41. The van der Waals surface area contributed by atoms with Gasteiger partial charge in [0.15, 0.2) is 0 Å². The second kappa shape index (κ2) is 6.27. The quantitative estimate of drug-likeness (QED) is 0.740. The van der Waals surface area contributed by atoms with E-state index in [2.05, 4.69) is 5.32 Å². The third-order valence-corrected chi connectivity index (χ3v) is 4.48. The van der Waals surface area contributed by atoms with Gasteiger partial charge in [0.2, 0.25) is 0 Å². The average molecular weight is 319 g/mol. The molecule has 0 saturated carbocycles. The monoisotopic (exact) mass is 319 g/mol. The Hall–Kier alpha value is -2.21. The summed E-state index contributed by atoms with van der Waals surface area (Å²) in [6.45, 7) is 3.31. The molecule has 0 atom stereocenters. The molecule has 1 heterocycles. The molecule has 116 valence electrons. The molecule has 0 amide bonds. The number of carboxylic acids is 2. The minimum Gasteiger partial charge on any atom is -0.478 e. The van der Waals surface area contributed by atoms with Crippen LogP contribution in [0.1, 0.15) is 25.3 Å². The number of dihydropyridines is 1. The van der Waals surface area contributed by atoms with Gasteiger partial charge in [0.05, 0.1) is 17.1 Å². The van der Waals surface area contributed by atoms with Crippen LogP contribution >= 0.6 is 11.8 Å². The van der Waals surface area contributed by atoms with Crippen LogP contribution in [0.25, 0.3) is 0 Å². The number of thioether (sulfide) groups is 1. The van der Waals surface area contributed by atoms with E-state index in [9.17, 15) is 19.8 Å². The average Bonchev–Trinajstić information content (AvgIpc) is 2.45. The van der Waals surface area contributed by atoms with Crippen molar-refractivity contribution in [3.63, 3.8) is 0 Å². The summed E-state index contributed by atoms with van der Waals surface area (Å²) in [6, 6.07) is 7.30. The lowest BCUT2D eigenvalue weighted by Crippen LogP contribution is -2.31. The number of hydrogen-bond acceptors (Lipinski definition) is 4. The van der Waals surface area contributed by atoms with Crippen molar-refractivity contribution in [2.45, 2.75) is 24.7 Å². The lowest BCUT2D eigenvalue weighted by molar-refractivity contribution is -0.133. The van der Waals surface area contributed by atoms with Crippen LogP contribution in [0.3, 0.4) is 0 Å². The van der Waals surface area contributed by atoms with Gasteiger partial charge in [-0.3, -0.25) is 0 Å². The van der Waals surface area contributed by atoms with Gasteiger partial charge in [0.25, 0.3) is 0 Å². The van der Waals surface area contributed by atoms with Crippen LogP contribution in [0.15, 0.2) is 51.7 Å². The maximum absolute atomic E-state index is 11.7. The predicted octanol–water partition coefficient (Wildman–Crippen LogP) is 2.81. The Kier molecular flexibility index (Phi) is 4.61. The first kappa shape index (κ1) is 16.2.